The van der Waals surface area contributed by atoms with E-state index in [1.54, 1.807) is 12.1 Å². The second-order valence-corrected chi connectivity index (χ2v) is 5.48. The largest absolute Gasteiger partial charge is 0.247 e. The smallest absolute Gasteiger partial charge is 0.123 e. The fraction of sp³-hybridized carbons (Fsp3) is 0.0500. The Morgan fingerprint density at radius 2 is 1.41 bits per heavy atom. The van der Waals surface area contributed by atoms with Crippen molar-refractivity contribution in [1.82, 2.24) is 4.98 Å². The molecule has 106 valence electrons. The maximum Gasteiger partial charge on any atom is 0.123 e. The van der Waals surface area contributed by atoms with Crippen LogP contribution in [0.15, 0.2) is 66.7 Å². The number of hydrogen-bond donors (Lipinski definition) is 0. The number of benzene rings is 3. The molecule has 0 radical (unpaired) electrons. The number of aromatic nitrogens is 1. The molecule has 3 aromatic carbocycles. The fourth-order valence-corrected chi connectivity index (χ4v) is 2.95. The topological polar surface area (TPSA) is 12.9 Å². The summed E-state index contributed by atoms with van der Waals surface area (Å²) in [6, 6.07) is 21.0. The van der Waals surface area contributed by atoms with Gasteiger partial charge in [0.15, 0.2) is 0 Å². The SMILES string of the molecule is Cc1cccc2c1nc(-c1ccc(F)cc1)c1ccccc12. The quantitative estimate of drug-likeness (QED) is 0.421. The van der Waals surface area contributed by atoms with Crippen molar-refractivity contribution in [3.63, 3.8) is 0 Å². The van der Waals surface area contributed by atoms with Crippen LogP contribution in [0.4, 0.5) is 4.39 Å². The molecule has 0 N–H and O–H groups in total. The molecule has 0 aliphatic heterocycles. The molecule has 0 saturated heterocycles. The fourth-order valence-electron chi connectivity index (χ4n) is 2.95. The first kappa shape index (κ1) is 13.0. The van der Waals surface area contributed by atoms with Crippen molar-refractivity contribution in [2.45, 2.75) is 6.92 Å². The Labute approximate surface area is 128 Å². The molecule has 0 unspecified atom stereocenters. The summed E-state index contributed by atoms with van der Waals surface area (Å²) in [6.07, 6.45) is 0. The average molecular weight is 287 g/mol. The molecule has 4 rings (SSSR count). The Bertz CT molecular complexity index is 988. The van der Waals surface area contributed by atoms with E-state index in [9.17, 15) is 4.39 Å². The van der Waals surface area contributed by atoms with Crippen molar-refractivity contribution in [2.24, 2.45) is 0 Å². The van der Waals surface area contributed by atoms with Crippen LogP contribution >= 0.6 is 0 Å². The first-order chi connectivity index (χ1) is 10.7. The van der Waals surface area contributed by atoms with Crippen LogP contribution in [0.2, 0.25) is 0 Å². The van der Waals surface area contributed by atoms with Gasteiger partial charge in [-0.2, -0.15) is 0 Å². The first-order valence-corrected chi connectivity index (χ1v) is 7.28. The van der Waals surface area contributed by atoms with E-state index in [2.05, 4.69) is 37.3 Å². The Morgan fingerprint density at radius 3 is 2.18 bits per heavy atom. The summed E-state index contributed by atoms with van der Waals surface area (Å²) < 4.78 is 13.2. The van der Waals surface area contributed by atoms with Crippen LogP contribution in [0.25, 0.3) is 32.9 Å². The Balaban J connectivity index is 2.16. The van der Waals surface area contributed by atoms with Crippen molar-refractivity contribution in [2.75, 3.05) is 0 Å². The predicted molar refractivity (Wildman–Crippen MR) is 89.4 cm³/mol. The summed E-state index contributed by atoms with van der Waals surface area (Å²) >= 11 is 0. The van der Waals surface area contributed by atoms with Gasteiger partial charge in [0.05, 0.1) is 11.2 Å². The van der Waals surface area contributed by atoms with E-state index in [0.29, 0.717) is 0 Å². The number of aryl methyl sites for hydroxylation is 1. The van der Waals surface area contributed by atoms with Gasteiger partial charge in [-0.3, -0.25) is 0 Å². The van der Waals surface area contributed by atoms with Crippen LogP contribution in [0.5, 0.6) is 0 Å². The van der Waals surface area contributed by atoms with E-state index < -0.39 is 0 Å². The van der Waals surface area contributed by atoms with Crippen molar-refractivity contribution >= 4 is 21.7 Å². The molecule has 0 spiro atoms. The third-order valence-electron chi connectivity index (χ3n) is 4.05. The lowest BCUT2D eigenvalue weighted by molar-refractivity contribution is 0.628. The van der Waals surface area contributed by atoms with Crippen LogP contribution in [-0.2, 0) is 0 Å². The number of nitrogens with zero attached hydrogens (tertiary/aromatic N) is 1. The highest BCUT2D eigenvalue weighted by Gasteiger charge is 2.11. The zero-order chi connectivity index (χ0) is 15.1. The summed E-state index contributed by atoms with van der Waals surface area (Å²) in [5.74, 6) is -0.231. The highest BCUT2D eigenvalue weighted by atomic mass is 19.1. The molecule has 0 aliphatic carbocycles. The molecule has 2 heteroatoms. The number of fused-ring (bicyclic) bond motifs is 3. The van der Waals surface area contributed by atoms with Gasteiger partial charge in [0.1, 0.15) is 5.82 Å². The van der Waals surface area contributed by atoms with Gasteiger partial charge in [-0.25, -0.2) is 9.37 Å². The number of pyridine rings is 1. The second kappa shape index (κ2) is 4.92. The minimum atomic E-state index is -0.231. The van der Waals surface area contributed by atoms with Gasteiger partial charge in [0.2, 0.25) is 0 Å². The van der Waals surface area contributed by atoms with E-state index in [4.69, 9.17) is 4.98 Å². The molecule has 0 aliphatic rings. The summed E-state index contributed by atoms with van der Waals surface area (Å²) in [6.45, 7) is 2.07. The maximum atomic E-state index is 13.2. The van der Waals surface area contributed by atoms with E-state index in [0.717, 1.165) is 33.1 Å². The van der Waals surface area contributed by atoms with Gasteiger partial charge >= 0.3 is 0 Å². The molecule has 1 nitrogen and oxygen atoms in total. The molecule has 0 fully saturated rings. The molecular weight excluding hydrogens is 273 g/mol. The van der Waals surface area contributed by atoms with Gasteiger partial charge in [-0.15, -0.1) is 0 Å². The molecule has 4 aromatic rings. The molecule has 22 heavy (non-hydrogen) atoms. The van der Waals surface area contributed by atoms with Gasteiger partial charge in [-0.1, -0.05) is 42.5 Å². The highest BCUT2D eigenvalue weighted by Crippen LogP contribution is 2.33. The number of hydrogen-bond acceptors (Lipinski definition) is 1. The molecule has 1 aromatic heterocycles. The van der Waals surface area contributed by atoms with Gasteiger partial charge < -0.3 is 0 Å². The Morgan fingerprint density at radius 1 is 0.727 bits per heavy atom. The molecule has 0 atom stereocenters. The van der Waals surface area contributed by atoms with Crippen molar-refractivity contribution in [3.8, 4) is 11.3 Å². The lowest BCUT2D eigenvalue weighted by atomic mass is 9.99. The molecule has 0 saturated carbocycles. The van der Waals surface area contributed by atoms with Gasteiger partial charge in [0, 0.05) is 16.3 Å². The molecule has 1 heterocycles. The minimum Gasteiger partial charge on any atom is -0.247 e. The van der Waals surface area contributed by atoms with E-state index in [1.165, 1.54) is 17.5 Å². The van der Waals surface area contributed by atoms with Crippen molar-refractivity contribution < 1.29 is 4.39 Å². The van der Waals surface area contributed by atoms with E-state index in [-0.39, 0.29) is 5.82 Å². The molecule has 0 amide bonds. The molecular formula is C20H14FN. The summed E-state index contributed by atoms with van der Waals surface area (Å²) in [4.78, 5) is 4.88. The van der Waals surface area contributed by atoms with Crippen LogP contribution < -0.4 is 0 Å². The minimum absolute atomic E-state index is 0.231. The second-order valence-electron chi connectivity index (χ2n) is 5.48. The highest BCUT2D eigenvalue weighted by molar-refractivity contribution is 6.11. The van der Waals surface area contributed by atoms with Crippen LogP contribution in [0.3, 0.4) is 0 Å². The van der Waals surface area contributed by atoms with Crippen molar-refractivity contribution in [1.29, 1.82) is 0 Å². The van der Waals surface area contributed by atoms with Crippen molar-refractivity contribution in [3.05, 3.63) is 78.1 Å². The lowest BCUT2D eigenvalue weighted by Crippen LogP contribution is -1.91. The summed E-state index contributed by atoms with van der Waals surface area (Å²) in [5, 5.41) is 3.42. The van der Waals surface area contributed by atoms with Crippen LogP contribution in [-0.4, -0.2) is 4.98 Å². The first-order valence-electron chi connectivity index (χ1n) is 7.28. The average Bonchev–Trinajstić information content (AvgIpc) is 2.55. The number of halogens is 1. The third kappa shape index (κ3) is 1.96. The number of rotatable bonds is 1. The van der Waals surface area contributed by atoms with Crippen LogP contribution in [0.1, 0.15) is 5.56 Å². The lowest BCUT2D eigenvalue weighted by Gasteiger charge is -2.11. The van der Waals surface area contributed by atoms with Gasteiger partial charge in [-0.05, 0) is 42.1 Å². The van der Waals surface area contributed by atoms with Crippen LogP contribution in [0, 0.1) is 12.7 Å². The summed E-state index contributed by atoms with van der Waals surface area (Å²) in [7, 11) is 0. The zero-order valence-corrected chi connectivity index (χ0v) is 12.2. The van der Waals surface area contributed by atoms with Gasteiger partial charge in [0.25, 0.3) is 0 Å². The Hall–Kier alpha value is -2.74. The summed E-state index contributed by atoms with van der Waals surface area (Å²) in [5.41, 5.74) is 3.98. The zero-order valence-electron chi connectivity index (χ0n) is 12.2. The van der Waals surface area contributed by atoms with E-state index in [1.807, 2.05) is 12.1 Å². The third-order valence-corrected chi connectivity index (χ3v) is 4.05. The maximum absolute atomic E-state index is 13.2. The normalized spacial score (nSPS) is 11.2. The predicted octanol–water partition coefficient (Wildman–Crippen LogP) is 5.50. The standard InChI is InChI=1S/C20H14FN/c1-13-5-4-8-17-16-6-2-3-7-18(16)20(22-19(13)17)14-9-11-15(21)12-10-14/h2-12H,1H3. The number of para-hydroxylation sites is 1. The Kier molecular flexibility index (Phi) is 2.90. The molecule has 0 bridgehead atoms. The van der Waals surface area contributed by atoms with E-state index >= 15 is 0 Å². The monoisotopic (exact) mass is 287 g/mol.